The van der Waals surface area contributed by atoms with Crippen LogP contribution in [0.4, 0.5) is 5.82 Å². The molecule has 8 nitrogen and oxygen atoms in total. The van der Waals surface area contributed by atoms with Crippen molar-refractivity contribution in [3.05, 3.63) is 52.7 Å². The van der Waals surface area contributed by atoms with Gasteiger partial charge in [0, 0.05) is 30.1 Å². The van der Waals surface area contributed by atoms with Crippen molar-refractivity contribution in [2.75, 3.05) is 11.5 Å². The van der Waals surface area contributed by atoms with Crippen LogP contribution in [-0.4, -0.2) is 46.2 Å². The van der Waals surface area contributed by atoms with Gasteiger partial charge in [0.25, 0.3) is 0 Å². The molecular formula is C29H39N5O3S. The summed E-state index contributed by atoms with van der Waals surface area (Å²) in [7, 11) is 0. The van der Waals surface area contributed by atoms with Crippen LogP contribution in [-0.2, 0) is 9.53 Å². The second-order valence-electron chi connectivity index (χ2n) is 9.93. The van der Waals surface area contributed by atoms with Crippen molar-refractivity contribution in [3.63, 3.8) is 0 Å². The Morgan fingerprint density at radius 1 is 1.29 bits per heavy atom. The van der Waals surface area contributed by atoms with E-state index in [9.17, 15) is 9.59 Å². The van der Waals surface area contributed by atoms with Crippen LogP contribution in [0.5, 0.6) is 0 Å². The van der Waals surface area contributed by atoms with Gasteiger partial charge in [-0.05, 0) is 90.5 Å². The average Bonchev–Trinajstić information content (AvgIpc) is 3.53. The molecule has 1 N–H and O–H groups in total. The highest BCUT2D eigenvalue weighted by Gasteiger charge is 2.34. The van der Waals surface area contributed by atoms with E-state index in [1.807, 2.05) is 52.0 Å². The molecule has 0 unspecified atom stereocenters. The number of esters is 1. The Labute approximate surface area is 229 Å². The van der Waals surface area contributed by atoms with Gasteiger partial charge in [-0.3, -0.25) is 20.1 Å². The minimum absolute atomic E-state index is 0.00966. The number of ether oxygens (including phenoxy) is 1. The Morgan fingerprint density at radius 3 is 2.63 bits per heavy atom. The fourth-order valence-corrected chi connectivity index (χ4v) is 5.33. The number of rotatable bonds is 10. The molecule has 0 aromatic carbocycles. The molecule has 1 saturated carbocycles. The molecular weight excluding hydrogens is 498 g/mol. The molecule has 204 valence electrons. The Hall–Kier alpha value is -3.33. The third-order valence-corrected chi connectivity index (χ3v) is 7.64. The Balaban J connectivity index is 1.95. The summed E-state index contributed by atoms with van der Waals surface area (Å²) in [6.07, 6.45) is 12.5. The molecule has 3 rings (SSSR count). The Bertz CT molecular complexity index is 1230. The lowest BCUT2D eigenvalue weighted by molar-refractivity contribution is -0.124. The summed E-state index contributed by atoms with van der Waals surface area (Å²) in [5.74, 6) is 0.377. The first kappa shape index (κ1) is 29.2. The van der Waals surface area contributed by atoms with Crippen molar-refractivity contribution >= 4 is 41.0 Å². The number of nitrogens with one attached hydrogen (secondary N) is 1. The third kappa shape index (κ3) is 7.16. The van der Waals surface area contributed by atoms with Gasteiger partial charge >= 0.3 is 5.97 Å². The van der Waals surface area contributed by atoms with Gasteiger partial charge in [0.2, 0.25) is 5.91 Å². The van der Waals surface area contributed by atoms with Crippen molar-refractivity contribution in [2.24, 2.45) is 16.8 Å². The summed E-state index contributed by atoms with van der Waals surface area (Å²) in [4.78, 5) is 33.3. The highest BCUT2D eigenvalue weighted by molar-refractivity contribution is 7.16. The van der Waals surface area contributed by atoms with Crippen LogP contribution >= 0.6 is 11.3 Å². The van der Waals surface area contributed by atoms with Crippen LogP contribution in [0.25, 0.3) is 5.00 Å². The molecule has 0 saturated heterocycles. The summed E-state index contributed by atoms with van der Waals surface area (Å²) in [6, 6.07) is 3.53. The lowest BCUT2D eigenvalue weighted by atomic mass is 9.82. The maximum atomic E-state index is 13.7. The predicted octanol–water partition coefficient (Wildman–Crippen LogP) is 6.60. The number of anilines is 1. The maximum absolute atomic E-state index is 13.7. The first-order valence-corrected chi connectivity index (χ1v) is 14.1. The fourth-order valence-electron chi connectivity index (χ4n) is 4.48. The molecule has 2 aromatic heterocycles. The van der Waals surface area contributed by atoms with Crippen molar-refractivity contribution < 1.29 is 14.3 Å². The van der Waals surface area contributed by atoms with Crippen LogP contribution in [0.3, 0.4) is 0 Å². The lowest BCUT2D eigenvalue weighted by Crippen LogP contribution is -2.43. The first-order valence-electron chi connectivity index (χ1n) is 13.3. The zero-order chi connectivity index (χ0) is 27.8. The van der Waals surface area contributed by atoms with E-state index in [1.54, 1.807) is 35.0 Å². The second kappa shape index (κ2) is 13.5. The average molecular weight is 538 g/mol. The van der Waals surface area contributed by atoms with Gasteiger partial charge in [0.15, 0.2) is 5.82 Å². The first-order chi connectivity index (χ1) is 18.2. The van der Waals surface area contributed by atoms with Crippen molar-refractivity contribution in [2.45, 2.75) is 73.3 Å². The molecule has 9 heteroatoms. The van der Waals surface area contributed by atoms with Gasteiger partial charge in [-0.2, -0.15) is 0 Å². The molecule has 0 aliphatic heterocycles. The minimum atomic E-state index is -0.508. The summed E-state index contributed by atoms with van der Waals surface area (Å²) in [6.45, 7) is 11.9. The SMILES string of the molecule is C\C=C/C=N/C(C)=C/C(=N)c1ccc(-n2cc(C(=O)OCC)c(N(C(=O)C3CCC(C)CC3)C(C)C)n2)s1. The molecule has 1 amide bonds. The van der Waals surface area contributed by atoms with E-state index in [4.69, 9.17) is 15.2 Å². The molecule has 0 radical (unpaired) electrons. The topological polar surface area (TPSA) is 101 Å². The number of nitrogens with zero attached hydrogens (tertiary/aromatic N) is 4. The molecule has 0 spiro atoms. The van der Waals surface area contributed by atoms with Crippen LogP contribution in [0.2, 0.25) is 0 Å². The quantitative estimate of drug-likeness (QED) is 0.273. The summed E-state index contributed by atoms with van der Waals surface area (Å²) < 4.78 is 6.93. The normalized spacial score (nSPS) is 18.4. The predicted molar refractivity (Wildman–Crippen MR) is 155 cm³/mol. The third-order valence-electron chi connectivity index (χ3n) is 6.53. The van der Waals surface area contributed by atoms with E-state index in [-0.39, 0.29) is 30.0 Å². The number of aromatic nitrogens is 2. The Kier molecular flexibility index (Phi) is 10.4. The smallest absolute Gasteiger partial charge is 0.343 e. The number of hydrogen-bond acceptors (Lipinski definition) is 7. The maximum Gasteiger partial charge on any atom is 0.343 e. The zero-order valence-corrected chi connectivity index (χ0v) is 24.0. The fraction of sp³-hybridized carbons (Fsp3) is 0.483. The second-order valence-corrected chi connectivity index (χ2v) is 11.0. The van der Waals surface area contributed by atoms with E-state index in [0.717, 1.165) is 41.3 Å². The van der Waals surface area contributed by atoms with E-state index in [0.29, 0.717) is 17.4 Å². The van der Waals surface area contributed by atoms with E-state index in [2.05, 4.69) is 11.9 Å². The van der Waals surface area contributed by atoms with E-state index in [1.165, 1.54) is 11.3 Å². The Morgan fingerprint density at radius 2 is 2.00 bits per heavy atom. The van der Waals surface area contributed by atoms with Crippen molar-refractivity contribution in [1.82, 2.24) is 9.78 Å². The number of aliphatic imine (C=N–C) groups is 1. The molecule has 38 heavy (non-hydrogen) atoms. The molecule has 1 fully saturated rings. The van der Waals surface area contributed by atoms with Crippen LogP contribution in [0.1, 0.15) is 82.5 Å². The summed E-state index contributed by atoms with van der Waals surface area (Å²) in [5.41, 5.74) is 1.31. The van der Waals surface area contributed by atoms with Crippen LogP contribution < -0.4 is 4.90 Å². The van der Waals surface area contributed by atoms with Gasteiger partial charge in [-0.1, -0.05) is 13.0 Å². The number of thiophene rings is 1. The van der Waals surface area contributed by atoms with Gasteiger partial charge in [0.1, 0.15) is 10.6 Å². The van der Waals surface area contributed by atoms with Gasteiger partial charge in [0.05, 0.1) is 17.2 Å². The minimum Gasteiger partial charge on any atom is -0.462 e. The van der Waals surface area contributed by atoms with E-state index < -0.39 is 5.97 Å². The van der Waals surface area contributed by atoms with Crippen LogP contribution in [0, 0.1) is 17.2 Å². The van der Waals surface area contributed by atoms with Crippen molar-refractivity contribution in [3.8, 4) is 5.00 Å². The number of carbonyl (C=O) groups excluding carboxylic acids is 2. The lowest BCUT2D eigenvalue weighted by Gasteiger charge is -2.32. The highest BCUT2D eigenvalue weighted by atomic mass is 32.1. The molecule has 2 heterocycles. The monoisotopic (exact) mass is 537 g/mol. The highest BCUT2D eigenvalue weighted by Crippen LogP contribution is 2.33. The van der Waals surface area contributed by atoms with E-state index >= 15 is 0 Å². The zero-order valence-electron chi connectivity index (χ0n) is 23.2. The molecule has 0 bridgehead atoms. The van der Waals surface area contributed by atoms with Crippen molar-refractivity contribution in [1.29, 1.82) is 5.41 Å². The summed E-state index contributed by atoms with van der Waals surface area (Å²) in [5, 5.41) is 13.9. The standard InChI is InChI=1S/C29H39N5O3S/c1-7-9-16-31-21(6)17-24(30)25-14-15-26(38-25)33-18-23(29(36)37-8-2)27(32-33)34(19(3)4)28(35)22-12-10-20(5)11-13-22/h7,9,14-20,22,30H,8,10-13H2,1-6H3/b9-7-,21-17+,30-24?,31-16+. The number of carbonyl (C=O) groups is 2. The molecule has 1 aliphatic rings. The molecule has 2 aromatic rings. The number of allylic oxidation sites excluding steroid dienone is 4. The van der Waals surface area contributed by atoms with Crippen LogP contribution in [0.15, 0.2) is 47.2 Å². The van der Waals surface area contributed by atoms with Gasteiger partial charge in [-0.25, -0.2) is 9.48 Å². The van der Waals surface area contributed by atoms with Gasteiger partial charge in [-0.15, -0.1) is 16.4 Å². The number of hydrogen-bond donors (Lipinski definition) is 1. The van der Waals surface area contributed by atoms with Gasteiger partial charge < -0.3 is 4.74 Å². The molecule has 1 aliphatic carbocycles. The summed E-state index contributed by atoms with van der Waals surface area (Å²) >= 11 is 1.38. The largest absolute Gasteiger partial charge is 0.462 e. The number of amides is 1. The molecule has 0 atom stereocenters.